The van der Waals surface area contributed by atoms with Gasteiger partial charge in [-0.3, -0.25) is 9.59 Å². The molecule has 1 saturated carbocycles. The van der Waals surface area contributed by atoms with E-state index in [1.165, 1.54) is 19.2 Å². The van der Waals surface area contributed by atoms with Crippen molar-refractivity contribution in [3.8, 4) is 16.9 Å². The van der Waals surface area contributed by atoms with E-state index >= 15 is 4.39 Å². The number of hydrogen-bond acceptors (Lipinski definition) is 6. The number of amides is 2. The van der Waals surface area contributed by atoms with Crippen LogP contribution in [0, 0.1) is 29.4 Å². The number of halogens is 5. The van der Waals surface area contributed by atoms with Crippen LogP contribution >= 0.6 is 0 Å². The van der Waals surface area contributed by atoms with Crippen LogP contribution in [0.5, 0.6) is 5.75 Å². The Hall–Kier alpha value is -4.79. The molecule has 2 aliphatic carbocycles. The highest BCUT2D eigenvalue weighted by atomic mass is 32.2. The van der Waals surface area contributed by atoms with Crippen molar-refractivity contribution in [3.63, 3.8) is 0 Å². The molecule has 0 aliphatic heterocycles. The molecule has 0 radical (unpaired) electrons. The Morgan fingerprint density at radius 3 is 2.29 bits per heavy atom. The van der Waals surface area contributed by atoms with E-state index in [0.717, 1.165) is 36.4 Å². The number of carboxylic acids is 1. The fourth-order valence-electron chi connectivity index (χ4n) is 5.68. The van der Waals surface area contributed by atoms with Crippen LogP contribution in [-0.4, -0.2) is 50.0 Å². The summed E-state index contributed by atoms with van der Waals surface area (Å²) in [6, 6.07) is 7.84. The van der Waals surface area contributed by atoms with E-state index in [-0.39, 0.29) is 40.0 Å². The van der Waals surface area contributed by atoms with Gasteiger partial charge in [-0.05, 0) is 60.2 Å². The highest BCUT2D eigenvalue weighted by Gasteiger charge is 2.49. The first-order chi connectivity index (χ1) is 21.1. The second-order valence-corrected chi connectivity index (χ2v) is 12.4. The number of allylic oxidation sites excluding steroid dienone is 1. The summed E-state index contributed by atoms with van der Waals surface area (Å²) in [5.41, 5.74) is -6.83. The number of nitrogens with one attached hydrogen (secondary N) is 2. The number of benzene rings is 3. The first-order valence-corrected chi connectivity index (χ1v) is 14.7. The summed E-state index contributed by atoms with van der Waals surface area (Å²) in [6.45, 7) is 0. The number of methoxy groups -OCH3 is 1. The van der Waals surface area contributed by atoms with E-state index in [9.17, 15) is 40.4 Å². The van der Waals surface area contributed by atoms with Crippen molar-refractivity contribution in [2.75, 3.05) is 12.4 Å². The Bertz CT molecular complexity index is 1860. The highest BCUT2D eigenvalue weighted by Crippen LogP contribution is 2.45. The van der Waals surface area contributed by atoms with E-state index in [1.807, 2.05) is 0 Å². The molecule has 236 valence electrons. The number of carboxylic acid groups (broad SMARTS) is 1. The molecule has 2 aliphatic rings. The summed E-state index contributed by atoms with van der Waals surface area (Å²) in [4.78, 5) is 37.0. The normalized spacial score (nSPS) is 20.6. The fourth-order valence-corrected chi connectivity index (χ4v) is 6.49. The van der Waals surface area contributed by atoms with E-state index in [1.54, 1.807) is 12.2 Å². The van der Waals surface area contributed by atoms with Crippen LogP contribution in [0.4, 0.5) is 27.6 Å². The second kappa shape index (κ2) is 11.6. The molecule has 0 heterocycles. The van der Waals surface area contributed by atoms with E-state index < -0.39 is 67.2 Å². The van der Waals surface area contributed by atoms with Gasteiger partial charge in [-0.2, -0.15) is 13.2 Å². The number of sulfone groups is 1. The van der Waals surface area contributed by atoms with Gasteiger partial charge in [0.15, 0.2) is 0 Å². The number of alkyl halides is 3. The van der Waals surface area contributed by atoms with Crippen LogP contribution in [0.3, 0.4) is 0 Å². The molecule has 9 nitrogen and oxygen atoms in total. The quantitative estimate of drug-likeness (QED) is 0.225. The zero-order valence-electron chi connectivity index (χ0n) is 23.1. The first kappa shape index (κ1) is 31.6. The van der Waals surface area contributed by atoms with Crippen LogP contribution in [-0.2, 0) is 14.6 Å². The summed E-state index contributed by atoms with van der Waals surface area (Å²) in [5.74, 6) is -6.75. The molecule has 5 rings (SSSR count). The number of anilines is 1. The van der Waals surface area contributed by atoms with Crippen molar-refractivity contribution in [1.82, 2.24) is 5.32 Å². The van der Waals surface area contributed by atoms with Gasteiger partial charge in [-0.15, -0.1) is 0 Å². The van der Waals surface area contributed by atoms with Gasteiger partial charge in [0.2, 0.25) is 5.91 Å². The first-order valence-electron chi connectivity index (χ1n) is 13.2. The fraction of sp³-hybridized carbons (Fsp3) is 0.233. The molecule has 0 aromatic heterocycles. The van der Waals surface area contributed by atoms with Crippen LogP contribution < -0.4 is 15.4 Å². The van der Waals surface area contributed by atoms with Crippen molar-refractivity contribution < 1.29 is 54.6 Å². The molecule has 15 heteroatoms. The maximum absolute atomic E-state index is 15.0. The summed E-state index contributed by atoms with van der Waals surface area (Å²) in [5, 5.41) is 14.3. The molecule has 0 saturated heterocycles. The van der Waals surface area contributed by atoms with E-state index in [2.05, 4.69) is 10.6 Å². The lowest BCUT2D eigenvalue weighted by Gasteiger charge is -2.28. The topological polar surface area (TPSA) is 139 Å². The maximum Gasteiger partial charge on any atom is 0.501 e. The molecule has 45 heavy (non-hydrogen) atoms. The average Bonchev–Trinajstić information content (AvgIpc) is 3.58. The summed E-state index contributed by atoms with van der Waals surface area (Å²) < 4.78 is 97.4. The molecule has 3 N–H and O–H groups in total. The lowest BCUT2D eigenvalue weighted by molar-refractivity contribution is -0.121. The van der Waals surface area contributed by atoms with Crippen LogP contribution in [0.1, 0.15) is 27.1 Å². The number of hydrogen-bond donors (Lipinski definition) is 3. The van der Waals surface area contributed by atoms with Gasteiger partial charge in [-0.25, -0.2) is 22.0 Å². The molecule has 2 bridgehead atoms. The monoisotopic (exact) mass is 650 g/mol. The zero-order chi connectivity index (χ0) is 32.8. The predicted octanol–water partition coefficient (Wildman–Crippen LogP) is 5.19. The number of carbonyl (C=O) groups is 3. The standard InChI is InChI=1S/C30H23F5N2O7S/c1-44-24-13-23(32)20(14-7-8-19(29(40)41)22(31)10-14)12-21(24)27(38)37-26-16-6-5-15(9-16)25(26)28(39)36-17-3-2-4-18(11-17)45(42,43)30(33,34)35/h2-8,10-13,15-16,25-26H,9H2,1H3,(H,36,39)(H,37,38)(H,40,41)/t15-,16+,25+,26-/m0/s1. The summed E-state index contributed by atoms with van der Waals surface area (Å²) in [6.07, 6.45) is 4.04. The summed E-state index contributed by atoms with van der Waals surface area (Å²) >= 11 is 0. The number of fused-ring (bicyclic) bond motifs is 2. The van der Waals surface area contributed by atoms with Gasteiger partial charge < -0.3 is 20.5 Å². The molecule has 2 amide bonds. The average molecular weight is 651 g/mol. The number of carbonyl (C=O) groups excluding carboxylic acids is 2. The van der Waals surface area contributed by atoms with Gasteiger partial charge >= 0.3 is 11.5 Å². The molecular formula is C30H23F5N2O7S. The molecule has 0 unspecified atom stereocenters. The molecular weight excluding hydrogens is 627 g/mol. The predicted molar refractivity (Wildman–Crippen MR) is 149 cm³/mol. The van der Waals surface area contributed by atoms with Crippen molar-refractivity contribution in [1.29, 1.82) is 0 Å². The van der Waals surface area contributed by atoms with Crippen LogP contribution in [0.15, 0.2) is 71.6 Å². The Labute approximate surface area is 252 Å². The Morgan fingerprint density at radius 2 is 1.64 bits per heavy atom. The number of ether oxygens (including phenoxy) is 1. The van der Waals surface area contributed by atoms with Gasteiger partial charge in [0.1, 0.15) is 17.4 Å². The van der Waals surface area contributed by atoms with E-state index in [0.29, 0.717) is 12.5 Å². The van der Waals surface area contributed by atoms with Crippen molar-refractivity contribution in [3.05, 3.63) is 89.5 Å². The van der Waals surface area contributed by atoms with Crippen LogP contribution in [0.25, 0.3) is 11.1 Å². The number of rotatable bonds is 8. The number of aromatic carboxylic acids is 1. The maximum atomic E-state index is 15.0. The molecule has 3 aromatic carbocycles. The van der Waals surface area contributed by atoms with Crippen LogP contribution in [0.2, 0.25) is 0 Å². The van der Waals surface area contributed by atoms with Crippen molar-refractivity contribution in [2.24, 2.45) is 17.8 Å². The third kappa shape index (κ3) is 5.87. The van der Waals surface area contributed by atoms with Crippen molar-refractivity contribution in [2.45, 2.75) is 22.9 Å². The lowest BCUT2D eigenvalue weighted by atomic mass is 9.87. The molecule has 1 fully saturated rings. The SMILES string of the molecule is COc1cc(F)c(-c2ccc(C(=O)O)c(F)c2)cc1C(=O)N[C@@H]1[C@H](C(=O)Nc2cccc(S(=O)(=O)C(F)(F)F)c2)[C@H]2C=C[C@@H]1C2. The molecule has 4 atom stereocenters. The highest BCUT2D eigenvalue weighted by molar-refractivity contribution is 7.92. The lowest BCUT2D eigenvalue weighted by Crippen LogP contribution is -2.47. The Balaban J connectivity index is 1.41. The minimum atomic E-state index is -5.67. The Kier molecular flexibility index (Phi) is 8.16. The molecule has 0 spiro atoms. The van der Waals surface area contributed by atoms with Gasteiger partial charge in [0.25, 0.3) is 15.7 Å². The van der Waals surface area contributed by atoms with Gasteiger partial charge in [0, 0.05) is 23.4 Å². The second-order valence-electron chi connectivity index (χ2n) is 10.5. The van der Waals surface area contributed by atoms with E-state index in [4.69, 9.17) is 9.84 Å². The third-order valence-corrected chi connectivity index (χ3v) is 9.30. The minimum Gasteiger partial charge on any atom is -0.496 e. The minimum absolute atomic E-state index is 0.0541. The van der Waals surface area contributed by atoms with Gasteiger partial charge in [-0.1, -0.05) is 24.3 Å². The summed E-state index contributed by atoms with van der Waals surface area (Å²) in [7, 11) is -4.48. The van der Waals surface area contributed by atoms with Gasteiger partial charge in [0.05, 0.1) is 29.1 Å². The van der Waals surface area contributed by atoms with Crippen molar-refractivity contribution >= 4 is 33.3 Å². The largest absolute Gasteiger partial charge is 0.501 e. The Morgan fingerprint density at radius 1 is 0.933 bits per heavy atom. The molecule has 3 aromatic rings. The third-order valence-electron chi connectivity index (χ3n) is 7.82. The zero-order valence-corrected chi connectivity index (χ0v) is 23.9. The smallest absolute Gasteiger partial charge is 0.496 e.